The van der Waals surface area contributed by atoms with E-state index in [1.54, 1.807) is 32.9 Å². The molecule has 5 nitrogen and oxygen atoms in total. The number of benzene rings is 1. The SMILES string of the molecule is C=C/C=C\C1=C(C)N(CCC(F)(F)C(F)(F)F)CCC=C1/C(C)=N/C(N)=C(\C(C)=C\CCC)C(C)(C(=O)CC)c1cccc(C(=C)N)c1. The molecule has 0 saturated heterocycles. The molecule has 0 aliphatic carbocycles. The van der Waals surface area contributed by atoms with E-state index in [2.05, 4.69) is 13.2 Å². The van der Waals surface area contributed by atoms with Crippen LogP contribution in [-0.2, 0) is 10.2 Å². The highest BCUT2D eigenvalue weighted by Gasteiger charge is 2.56. The third-order valence-corrected chi connectivity index (χ3v) is 8.67. The van der Waals surface area contributed by atoms with Crippen molar-refractivity contribution in [1.29, 1.82) is 0 Å². The minimum absolute atomic E-state index is 0.0809. The molecule has 2 rings (SSSR count). The largest absolute Gasteiger partial charge is 0.453 e. The molecule has 1 aliphatic heterocycles. The second-order valence-corrected chi connectivity index (χ2v) is 12.1. The molecule has 1 heterocycles. The van der Waals surface area contributed by atoms with Crippen LogP contribution in [0.2, 0.25) is 0 Å². The van der Waals surface area contributed by atoms with Gasteiger partial charge < -0.3 is 16.4 Å². The minimum Gasteiger partial charge on any atom is -0.399 e. The second-order valence-electron chi connectivity index (χ2n) is 12.1. The first-order valence-electron chi connectivity index (χ1n) is 16.1. The van der Waals surface area contributed by atoms with E-state index >= 15 is 0 Å². The first-order chi connectivity index (χ1) is 22.4. The van der Waals surface area contributed by atoms with Crippen LogP contribution < -0.4 is 11.5 Å². The zero-order valence-corrected chi connectivity index (χ0v) is 28.9. The predicted molar refractivity (Wildman–Crippen MR) is 187 cm³/mol. The van der Waals surface area contributed by atoms with Crippen molar-refractivity contribution < 1.29 is 26.7 Å². The van der Waals surface area contributed by atoms with Crippen LogP contribution in [0.25, 0.3) is 5.70 Å². The minimum atomic E-state index is -5.63. The van der Waals surface area contributed by atoms with Gasteiger partial charge in [0, 0.05) is 59.8 Å². The topological polar surface area (TPSA) is 84.7 Å². The first kappa shape index (κ1) is 40.0. The molecule has 4 N–H and O–H groups in total. The van der Waals surface area contributed by atoms with Crippen molar-refractivity contribution in [2.75, 3.05) is 13.1 Å². The van der Waals surface area contributed by atoms with E-state index in [9.17, 15) is 26.7 Å². The Balaban J connectivity index is 2.84. The zero-order valence-electron chi connectivity index (χ0n) is 28.9. The summed E-state index contributed by atoms with van der Waals surface area (Å²) in [5.74, 6) is -4.78. The Kier molecular flexibility index (Phi) is 13.9. The van der Waals surface area contributed by atoms with Crippen molar-refractivity contribution >= 4 is 17.2 Å². The normalized spacial score (nSPS) is 17.1. The number of ketones is 1. The van der Waals surface area contributed by atoms with Gasteiger partial charge >= 0.3 is 12.1 Å². The quantitative estimate of drug-likeness (QED) is 0.110. The molecule has 10 heteroatoms. The molecular formula is C38H49F5N4O. The lowest BCUT2D eigenvalue weighted by molar-refractivity contribution is -0.284. The molecule has 0 spiro atoms. The Morgan fingerprint density at radius 2 is 1.79 bits per heavy atom. The number of nitrogens with zero attached hydrogens (tertiary/aromatic N) is 2. The number of allylic oxidation sites excluding steroid dienone is 9. The summed E-state index contributed by atoms with van der Waals surface area (Å²) in [4.78, 5) is 20.3. The molecule has 48 heavy (non-hydrogen) atoms. The van der Waals surface area contributed by atoms with Gasteiger partial charge in [-0.1, -0.05) is 82.0 Å². The van der Waals surface area contributed by atoms with Gasteiger partial charge in [0.05, 0.1) is 5.41 Å². The van der Waals surface area contributed by atoms with Crippen LogP contribution in [0.15, 0.2) is 107 Å². The molecule has 0 radical (unpaired) electrons. The summed E-state index contributed by atoms with van der Waals surface area (Å²) in [6.45, 7) is 18.3. The van der Waals surface area contributed by atoms with Crippen LogP contribution >= 0.6 is 0 Å². The van der Waals surface area contributed by atoms with Gasteiger partial charge in [-0.2, -0.15) is 22.0 Å². The lowest BCUT2D eigenvalue weighted by Crippen LogP contribution is -2.40. The number of alkyl halides is 5. The highest BCUT2D eigenvalue weighted by Crippen LogP contribution is 2.41. The molecule has 0 saturated carbocycles. The maximum absolute atomic E-state index is 13.9. The molecule has 1 aromatic carbocycles. The van der Waals surface area contributed by atoms with Crippen LogP contribution in [0.5, 0.6) is 0 Å². The maximum atomic E-state index is 13.9. The Hall–Kier alpha value is -4.21. The molecule has 1 atom stereocenters. The molecule has 0 aromatic heterocycles. The summed E-state index contributed by atoms with van der Waals surface area (Å²) in [5, 5.41) is 0. The van der Waals surface area contributed by atoms with Gasteiger partial charge in [0.25, 0.3) is 0 Å². The summed E-state index contributed by atoms with van der Waals surface area (Å²) in [7, 11) is 0. The Morgan fingerprint density at radius 1 is 1.12 bits per heavy atom. The van der Waals surface area contributed by atoms with E-state index in [1.165, 1.54) is 11.0 Å². The Labute approximate surface area is 282 Å². The van der Waals surface area contributed by atoms with E-state index in [1.807, 2.05) is 57.2 Å². The van der Waals surface area contributed by atoms with Gasteiger partial charge in [-0.05, 0) is 63.3 Å². The fourth-order valence-electron chi connectivity index (χ4n) is 5.86. The van der Waals surface area contributed by atoms with E-state index < -0.39 is 30.5 Å². The van der Waals surface area contributed by atoms with Gasteiger partial charge in [-0.3, -0.25) is 4.79 Å². The molecule has 1 unspecified atom stereocenters. The molecule has 1 aromatic rings. The van der Waals surface area contributed by atoms with Crippen molar-refractivity contribution in [2.24, 2.45) is 16.5 Å². The van der Waals surface area contributed by atoms with Crippen molar-refractivity contribution in [3.63, 3.8) is 0 Å². The Morgan fingerprint density at radius 3 is 2.35 bits per heavy atom. The van der Waals surface area contributed by atoms with Crippen LogP contribution in [0, 0.1) is 0 Å². The fraction of sp³-hybridized carbons (Fsp3) is 0.421. The monoisotopic (exact) mass is 672 g/mol. The molecule has 0 amide bonds. The average Bonchev–Trinajstić information content (AvgIpc) is 3.18. The predicted octanol–water partition coefficient (Wildman–Crippen LogP) is 9.47. The van der Waals surface area contributed by atoms with E-state index in [-0.39, 0.29) is 24.6 Å². The summed E-state index contributed by atoms with van der Waals surface area (Å²) < 4.78 is 66.5. The van der Waals surface area contributed by atoms with Gasteiger partial charge in [0.1, 0.15) is 11.6 Å². The van der Waals surface area contributed by atoms with Gasteiger partial charge in [-0.25, -0.2) is 4.99 Å². The molecular weight excluding hydrogens is 623 g/mol. The number of unbranched alkanes of at least 4 members (excludes halogenated alkanes) is 1. The number of halogens is 5. The third-order valence-electron chi connectivity index (χ3n) is 8.67. The van der Waals surface area contributed by atoms with E-state index in [0.717, 1.165) is 18.4 Å². The van der Waals surface area contributed by atoms with Crippen LogP contribution in [0.1, 0.15) is 84.8 Å². The summed E-state index contributed by atoms with van der Waals surface area (Å²) in [6.07, 6.45) is 4.00. The first-order valence-corrected chi connectivity index (χ1v) is 16.1. The number of nitrogens with two attached hydrogens (primary N) is 2. The lowest BCUT2D eigenvalue weighted by atomic mass is 9.69. The van der Waals surface area contributed by atoms with Gasteiger partial charge in [-0.15, -0.1) is 0 Å². The highest BCUT2D eigenvalue weighted by atomic mass is 19.4. The van der Waals surface area contributed by atoms with Crippen LogP contribution in [-0.4, -0.2) is 41.6 Å². The van der Waals surface area contributed by atoms with Crippen LogP contribution in [0.3, 0.4) is 0 Å². The van der Waals surface area contributed by atoms with E-state index in [4.69, 9.17) is 16.5 Å². The number of Topliss-reactive ketones (excluding diaryl/α,β-unsaturated/α-hetero) is 1. The number of carbonyl (C=O) groups excluding carboxylic acids is 1. The number of rotatable bonds is 15. The Bertz CT molecular complexity index is 1560. The molecule has 262 valence electrons. The van der Waals surface area contributed by atoms with E-state index in [0.29, 0.717) is 51.4 Å². The fourth-order valence-corrected chi connectivity index (χ4v) is 5.86. The standard InChI is InChI=1S/C38H49F5N4O/c1-9-12-16-25(4)34(36(8,33(48)11-3)30-18-14-17-29(24-30)26(5)44)35(45)46-27(6)31-20-15-22-47(28(7)32(31)19-13-10-2)23-21-37(39,40)38(41,42)43/h10,13-14,16-20,24H,2,5,9,11-12,15,21-23,44-45H2,1,3-4,6-8H3/b19-13-,25-16+,35-34+,46-27+. The summed E-state index contributed by atoms with van der Waals surface area (Å²) >= 11 is 0. The smallest absolute Gasteiger partial charge is 0.399 e. The summed E-state index contributed by atoms with van der Waals surface area (Å²) in [5.41, 5.74) is 16.9. The van der Waals surface area contributed by atoms with Crippen LogP contribution in [0.4, 0.5) is 22.0 Å². The third kappa shape index (κ3) is 9.23. The molecule has 0 fully saturated rings. The number of carbonyl (C=O) groups is 1. The lowest BCUT2D eigenvalue weighted by Gasteiger charge is -2.33. The van der Waals surface area contributed by atoms with Gasteiger partial charge in [0.2, 0.25) is 0 Å². The number of aliphatic imine (C=N–C) groups is 1. The molecule has 0 bridgehead atoms. The van der Waals surface area contributed by atoms with Crippen molar-refractivity contribution in [2.45, 2.75) is 91.2 Å². The maximum Gasteiger partial charge on any atom is 0.453 e. The average molecular weight is 673 g/mol. The van der Waals surface area contributed by atoms with Crippen molar-refractivity contribution in [3.05, 3.63) is 113 Å². The van der Waals surface area contributed by atoms with Crippen molar-refractivity contribution in [1.82, 2.24) is 4.90 Å². The molecule has 1 aliphatic rings. The number of hydrogen-bond donors (Lipinski definition) is 2. The van der Waals surface area contributed by atoms with Crippen molar-refractivity contribution in [3.8, 4) is 0 Å². The highest BCUT2D eigenvalue weighted by molar-refractivity contribution is 6.04. The zero-order chi connectivity index (χ0) is 36.4. The second kappa shape index (κ2) is 16.8. The number of hydrogen-bond acceptors (Lipinski definition) is 5. The van der Waals surface area contributed by atoms with Gasteiger partial charge in [0.15, 0.2) is 0 Å². The summed E-state index contributed by atoms with van der Waals surface area (Å²) in [6, 6.07) is 7.32.